The molecule has 0 spiro atoms. The number of aliphatic hydroxyl groups is 1. The number of carbonyl (C=O) groups is 1. The van der Waals surface area contributed by atoms with E-state index in [2.05, 4.69) is 17.2 Å². The topological polar surface area (TPSA) is 75.1 Å². The summed E-state index contributed by atoms with van der Waals surface area (Å²) in [6.07, 6.45) is 4.73. The van der Waals surface area contributed by atoms with E-state index >= 15 is 0 Å². The normalized spacial score (nSPS) is 19.5. The summed E-state index contributed by atoms with van der Waals surface area (Å²) in [5.41, 5.74) is 1.12. The first-order valence-electron chi connectivity index (χ1n) is 10.7. The van der Waals surface area contributed by atoms with Crippen molar-refractivity contribution in [1.29, 1.82) is 0 Å². The van der Waals surface area contributed by atoms with Gasteiger partial charge in [-0.3, -0.25) is 4.79 Å². The number of pyridine rings is 1. The molecule has 164 valence electrons. The average Bonchev–Trinajstić information content (AvgIpc) is 3.09. The molecule has 1 fully saturated rings. The van der Waals surface area contributed by atoms with E-state index in [0.29, 0.717) is 22.9 Å². The van der Waals surface area contributed by atoms with E-state index < -0.39 is 17.3 Å². The van der Waals surface area contributed by atoms with Crippen LogP contribution in [0.25, 0.3) is 10.2 Å². The Kier molecular flexibility index (Phi) is 5.83. The van der Waals surface area contributed by atoms with Crippen LogP contribution < -0.4 is 5.32 Å². The van der Waals surface area contributed by atoms with Crippen LogP contribution in [0.5, 0.6) is 0 Å². The molecule has 7 heteroatoms. The SMILES string of the molecule is Cc1cc(F)cc(C(=O)Nc2cc3sc(C4CCC(C)CC4)nc3cc2C(C)(C)O)n1. The maximum Gasteiger partial charge on any atom is 0.274 e. The number of amides is 1. The molecule has 1 aromatic carbocycles. The lowest BCUT2D eigenvalue weighted by Gasteiger charge is -2.24. The number of anilines is 1. The summed E-state index contributed by atoms with van der Waals surface area (Å²) in [6.45, 7) is 7.28. The smallest absolute Gasteiger partial charge is 0.274 e. The van der Waals surface area contributed by atoms with Crippen molar-refractivity contribution in [2.45, 2.75) is 64.9 Å². The molecule has 0 bridgehead atoms. The Hall–Kier alpha value is -2.38. The third-order valence-electron chi connectivity index (χ3n) is 5.97. The van der Waals surface area contributed by atoms with E-state index in [0.717, 1.165) is 40.1 Å². The lowest BCUT2D eigenvalue weighted by atomic mass is 9.83. The average molecular weight is 442 g/mol. The minimum atomic E-state index is -1.19. The molecule has 0 saturated heterocycles. The molecule has 1 amide bonds. The Bertz CT molecular complexity index is 1110. The molecule has 2 aromatic heterocycles. The van der Waals surface area contributed by atoms with Gasteiger partial charge in [0.25, 0.3) is 5.91 Å². The number of nitrogens with one attached hydrogen (secondary N) is 1. The molecule has 0 radical (unpaired) electrons. The number of benzene rings is 1. The first-order chi connectivity index (χ1) is 14.6. The molecule has 1 aliphatic rings. The zero-order valence-corrected chi connectivity index (χ0v) is 19.1. The van der Waals surface area contributed by atoms with Crippen LogP contribution in [0.4, 0.5) is 10.1 Å². The second-order valence-corrected chi connectivity index (χ2v) is 10.3. The Balaban J connectivity index is 1.70. The summed E-state index contributed by atoms with van der Waals surface area (Å²) in [4.78, 5) is 21.8. The van der Waals surface area contributed by atoms with E-state index in [9.17, 15) is 14.3 Å². The largest absolute Gasteiger partial charge is 0.386 e. The summed E-state index contributed by atoms with van der Waals surface area (Å²) < 4.78 is 14.7. The highest BCUT2D eigenvalue weighted by Crippen LogP contribution is 2.41. The molecule has 1 aliphatic carbocycles. The molecule has 0 unspecified atom stereocenters. The molecule has 2 heterocycles. The van der Waals surface area contributed by atoms with Crippen molar-refractivity contribution in [2.75, 3.05) is 5.32 Å². The standard InChI is InChI=1S/C24H28FN3O2S/c1-13-5-7-15(8-6-13)23-28-19-11-17(24(3,4)30)18(12-21(19)31-23)27-22(29)20-10-16(25)9-14(2)26-20/h9-13,15,30H,5-8H2,1-4H3,(H,27,29). The van der Waals surface area contributed by atoms with Crippen molar-refractivity contribution in [3.63, 3.8) is 0 Å². The Morgan fingerprint density at radius 1 is 1.16 bits per heavy atom. The van der Waals surface area contributed by atoms with Crippen molar-refractivity contribution in [3.05, 3.63) is 52.0 Å². The molecular formula is C24H28FN3O2S. The van der Waals surface area contributed by atoms with Crippen LogP contribution >= 0.6 is 11.3 Å². The molecular weight excluding hydrogens is 413 g/mol. The number of hydrogen-bond acceptors (Lipinski definition) is 5. The number of aromatic nitrogens is 2. The minimum Gasteiger partial charge on any atom is -0.386 e. The van der Waals surface area contributed by atoms with Gasteiger partial charge in [0.1, 0.15) is 11.5 Å². The maximum atomic E-state index is 13.7. The molecule has 31 heavy (non-hydrogen) atoms. The lowest BCUT2D eigenvalue weighted by molar-refractivity contribution is 0.0794. The molecule has 4 rings (SSSR count). The van der Waals surface area contributed by atoms with Crippen LogP contribution in [0, 0.1) is 18.7 Å². The number of thiazole rings is 1. The van der Waals surface area contributed by atoms with Crippen molar-refractivity contribution in [1.82, 2.24) is 9.97 Å². The predicted molar refractivity (Wildman–Crippen MR) is 122 cm³/mol. The Morgan fingerprint density at radius 3 is 2.52 bits per heavy atom. The van der Waals surface area contributed by atoms with Crippen LogP contribution in [0.1, 0.15) is 79.1 Å². The van der Waals surface area contributed by atoms with Crippen LogP contribution in [0.3, 0.4) is 0 Å². The fraction of sp³-hybridized carbons (Fsp3) is 0.458. The van der Waals surface area contributed by atoms with E-state index in [-0.39, 0.29) is 5.69 Å². The van der Waals surface area contributed by atoms with Crippen LogP contribution in [0.2, 0.25) is 0 Å². The van der Waals surface area contributed by atoms with Gasteiger partial charge < -0.3 is 10.4 Å². The fourth-order valence-corrected chi connectivity index (χ4v) is 5.37. The number of halogens is 1. The number of rotatable bonds is 4. The van der Waals surface area contributed by atoms with E-state index in [4.69, 9.17) is 4.98 Å². The second kappa shape index (κ2) is 8.28. The van der Waals surface area contributed by atoms with Crippen molar-refractivity contribution < 1.29 is 14.3 Å². The highest BCUT2D eigenvalue weighted by atomic mass is 32.1. The zero-order chi connectivity index (χ0) is 22.3. The number of hydrogen-bond donors (Lipinski definition) is 2. The summed E-state index contributed by atoms with van der Waals surface area (Å²) in [5.74, 6) is 0.217. The van der Waals surface area contributed by atoms with Gasteiger partial charge in [-0.2, -0.15) is 0 Å². The van der Waals surface area contributed by atoms with Gasteiger partial charge in [0.15, 0.2) is 0 Å². The van der Waals surface area contributed by atoms with Crippen molar-refractivity contribution >= 4 is 33.1 Å². The number of nitrogens with zero attached hydrogens (tertiary/aromatic N) is 2. The second-order valence-electron chi connectivity index (χ2n) is 9.20. The highest BCUT2D eigenvalue weighted by Gasteiger charge is 2.26. The summed E-state index contributed by atoms with van der Waals surface area (Å²) >= 11 is 1.65. The van der Waals surface area contributed by atoms with Gasteiger partial charge in [0, 0.05) is 28.9 Å². The third-order valence-corrected chi connectivity index (χ3v) is 7.15. The van der Waals surface area contributed by atoms with Crippen molar-refractivity contribution in [2.24, 2.45) is 5.92 Å². The first kappa shape index (κ1) is 21.8. The van der Waals surface area contributed by atoms with Gasteiger partial charge >= 0.3 is 0 Å². The Labute approximate surface area is 185 Å². The lowest BCUT2D eigenvalue weighted by Crippen LogP contribution is -2.21. The van der Waals surface area contributed by atoms with Gasteiger partial charge in [-0.25, -0.2) is 14.4 Å². The van der Waals surface area contributed by atoms with Crippen LogP contribution in [-0.2, 0) is 5.60 Å². The van der Waals surface area contributed by atoms with Crippen LogP contribution in [-0.4, -0.2) is 21.0 Å². The maximum absolute atomic E-state index is 13.7. The molecule has 0 aliphatic heterocycles. The first-order valence-corrected chi connectivity index (χ1v) is 11.5. The van der Waals surface area contributed by atoms with Crippen molar-refractivity contribution in [3.8, 4) is 0 Å². The summed E-state index contributed by atoms with van der Waals surface area (Å²) in [6, 6.07) is 6.09. The fourth-order valence-electron chi connectivity index (χ4n) is 4.21. The minimum absolute atomic E-state index is 0.000567. The van der Waals surface area contributed by atoms with Gasteiger partial charge in [-0.15, -0.1) is 11.3 Å². The van der Waals surface area contributed by atoms with Gasteiger partial charge in [-0.1, -0.05) is 19.8 Å². The Morgan fingerprint density at radius 2 is 1.87 bits per heavy atom. The van der Waals surface area contributed by atoms with Gasteiger partial charge in [0.2, 0.25) is 0 Å². The van der Waals surface area contributed by atoms with Gasteiger partial charge in [0.05, 0.1) is 20.8 Å². The predicted octanol–water partition coefficient (Wildman–Crippen LogP) is 5.91. The monoisotopic (exact) mass is 441 g/mol. The molecule has 3 aromatic rings. The van der Waals surface area contributed by atoms with Gasteiger partial charge in [-0.05, 0) is 57.7 Å². The quantitative estimate of drug-likeness (QED) is 0.528. The molecule has 5 nitrogen and oxygen atoms in total. The van der Waals surface area contributed by atoms with Crippen LogP contribution in [0.15, 0.2) is 24.3 Å². The van der Waals surface area contributed by atoms with E-state index in [1.54, 1.807) is 32.1 Å². The number of aryl methyl sites for hydroxylation is 1. The third kappa shape index (κ3) is 4.77. The summed E-state index contributed by atoms with van der Waals surface area (Å²) in [7, 11) is 0. The molecule has 2 N–H and O–H groups in total. The molecule has 1 saturated carbocycles. The highest BCUT2D eigenvalue weighted by molar-refractivity contribution is 7.18. The van der Waals surface area contributed by atoms with E-state index in [1.807, 2.05) is 12.1 Å². The number of carbonyl (C=O) groups excluding carboxylic acids is 1. The molecule has 0 atom stereocenters. The number of fused-ring (bicyclic) bond motifs is 1. The summed E-state index contributed by atoms with van der Waals surface area (Å²) in [5, 5.41) is 14.7. The van der Waals surface area contributed by atoms with E-state index in [1.165, 1.54) is 18.9 Å². The zero-order valence-electron chi connectivity index (χ0n) is 18.3.